The van der Waals surface area contributed by atoms with Crippen LogP contribution in [-0.2, 0) is 4.74 Å². The number of fused-ring (bicyclic) bond motifs is 1. The highest BCUT2D eigenvalue weighted by atomic mass is 32.2. The monoisotopic (exact) mass is 219 g/mol. The zero-order chi connectivity index (χ0) is 10.3. The Morgan fingerprint density at radius 2 is 2.14 bits per heavy atom. The van der Waals surface area contributed by atoms with Crippen molar-refractivity contribution in [3.05, 3.63) is 0 Å². The molecule has 1 fully saturated rings. The van der Waals surface area contributed by atoms with E-state index in [-0.39, 0.29) is 12.0 Å². The topological polar surface area (TPSA) is 82.3 Å². The van der Waals surface area contributed by atoms with Gasteiger partial charge in [-0.3, -0.25) is 4.99 Å². The van der Waals surface area contributed by atoms with Crippen molar-refractivity contribution in [2.75, 3.05) is 6.61 Å². The molecule has 1 unspecified atom stereocenters. The van der Waals surface area contributed by atoms with Crippen molar-refractivity contribution in [1.82, 2.24) is 0 Å². The molecule has 3 N–H and O–H groups in total. The Morgan fingerprint density at radius 3 is 2.79 bits per heavy atom. The van der Waals surface area contributed by atoms with Crippen LogP contribution in [0.2, 0.25) is 0 Å². The standard InChI is InChI=1S/C8H13NO4S/c1-3-9-5-7(12)6(11)4(2-10)13-8(5)14-3/h4-8,10-12H,2H2,1H3/t4-,5?,6+,7-,8+/m1/s1. The maximum atomic E-state index is 9.71. The lowest BCUT2D eigenvalue weighted by atomic mass is 9.99. The van der Waals surface area contributed by atoms with E-state index in [1.807, 2.05) is 6.92 Å². The summed E-state index contributed by atoms with van der Waals surface area (Å²) in [6, 6.07) is -0.405. The Morgan fingerprint density at radius 1 is 1.43 bits per heavy atom. The molecule has 2 rings (SSSR count). The van der Waals surface area contributed by atoms with E-state index >= 15 is 0 Å². The molecular formula is C8H13NO4S. The normalized spacial score (nSPS) is 47.4. The molecule has 0 saturated carbocycles. The molecule has 5 nitrogen and oxygen atoms in total. The van der Waals surface area contributed by atoms with Gasteiger partial charge in [-0.1, -0.05) is 11.8 Å². The van der Waals surface area contributed by atoms with Crippen molar-refractivity contribution < 1.29 is 20.1 Å². The van der Waals surface area contributed by atoms with Gasteiger partial charge < -0.3 is 20.1 Å². The second-order valence-electron chi connectivity index (χ2n) is 3.46. The first-order valence-corrected chi connectivity index (χ1v) is 5.35. The number of aliphatic hydroxyl groups excluding tert-OH is 3. The third-order valence-corrected chi connectivity index (χ3v) is 3.53. The molecule has 1 saturated heterocycles. The minimum absolute atomic E-state index is 0.273. The summed E-state index contributed by atoms with van der Waals surface area (Å²) < 4.78 is 5.40. The Bertz CT molecular complexity index is 260. The summed E-state index contributed by atoms with van der Waals surface area (Å²) in [4.78, 5) is 4.17. The molecule has 80 valence electrons. The molecule has 0 aromatic rings. The number of rotatable bonds is 1. The van der Waals surface area contributed by atoms with Gasteiger partial charge >= 0.3 is 0 Å². The molecular weight excluding hydrogens is 206 g/mol. The maximum absolute atomic E-state index is 9.71. The van der Waals surface area contributed by atoms with Crippen molar-refractivity contribution in [2.45, 2.75) is 36.7 Å². The Hall–Kier alpha value is -0.140. The molecule has 6 heteroatoms. The van der Waals surface area contributed by atoms with Crippen LogP contribution in [0.15, 0.2) is 4.99 Å². The van der Waals surface area contributed by atoms with Crippen LogP contribution in [0.5, 0.6) is 0 Å². The van der Waals surface area contributed by atoms with Crippen LogP contribution in [0.3, 0.4) is 0 Å². The number of aliphatic imine (C=N–C) groups is 1. The fourth-order valence-corrected chi connectivity index (χ4v) is 2.79. The molecule has 2 aliphatic rings. The van der Waals surface area contributed by atoms with Crippen molar-refractivity contribution >= 4 is 16.8 Å². The van der Waals surface area contributed by atoms with Crippen molar-refractivity contribution in [2.24, 2.45) is 4.99 Å². The fraction of sp³-hybridized carbons (Fsp3) is 0.875. The summed E-state index contributed by atoms with van der Waals surface area (Å²) >= 11 is 1.42. The summed E-state index contributed by atoms with van der Waals surface area (Å²) in [5.41, 5.74) is -0.273. The van der Waals surface area contributed by atoms with Crippen molar-refractivity contribution in [1.29, 1.82) is 0 Å². The molecule has 0 bridgehead atoms. The van der Waals surface area contributed by atoms with Gasteiger partial charge in [0, 0.05) is 0 Å². The highest BCUT2D eigenvalue weighted by Crippen LogP contribution is 2.36. The van der Waals surface area contributed by atoms with E-state index in [0.717, 1.165) is 5.04 Å². The molecule has 0 radical (unpaired) electrons. The zero-order valence-electron chi connectivity index (χ0n) is 7.70. The highest BCUT2D eigenvalue weighted by Gasteiger charge is 2.47. The average molecular weight is 219 g/mol. The van der Waals surface area contributed by atoms with E-state index in [2.05, 4.69) is 4.99 Å². The van der Waals surface area contributed by atoms with E-state index in [4.69, 9.17) is 9.84 Å². The number of aliphatic hydroxyl groups is 3. The van der Waals surface area contributed by atoms with Gasteiger partial charge in [-0.15, -0.1) is 0 Å². The summed E-state index contributed by atoms with van der Waals surface area (Å²) in [6.07, 6.45) is -2.72. The minimum atomic E-state index is -1.06. The van der Waals surface area contributed by atoms with Crippen LogP contribution >= 0.6 is 11.8 Å². The molecule has 0 amide bonds. The summed E-state index contributed by atoms with van der Waals surface area (Å²) in [5.74, 6) is 0. The second kappa shape index (κ2) is 3.79. The van der Waals surface area contributed by atoms with Gasteiger partial charge in [-0.2, -0.15) is 0 Å². The van der Waals surface area contributed by atoms with E-state index in [0.29, 0.717) is 0 Å². The fourth-order valence-electron chi connectivity index (χ4n) is 1.71. The van der Waals surface area contributed by atoms with Gasteiger partial charge in [0.1, 0.15) is 29.8 Å². The molecule has 2 aliphatic heterocycles. The number of nitrogens with zero attached hydrogens (tertiary/aromatic N) is 1. The van der Waals surface area contributed by atoms with Crippen LogP contribution in [0.4, 0.5) is 0 Å². The molecule has 2 heterocycles. The van der Waals surface area contributed by atoms with Crippen molar-refractivity contribution in [3.8, 4) is 0 Å². The van der Waals surface area contributed by atoms with Gasteiger partial charge in [-0.05, 0) is 6.92 Å². The lowest BCUT2D eigenvalue weighted by molar-refractivity contribution is -0.164. The van der Waals surface area contributed by atoms with Gasteiger partial charge in [0.25, 0.3) is 0 Å². The van der Waals surface area contributed by atoms with Gasteiger partial charge in [0.2, 0.25) is 0 Å². The number of hydrogen-bond donors (Lipinski definition) is 3. The van der Waals surface area contributed by atoms with Gasteiger partial charge in [-0.25, -0.2) is 0 Å². The average Bonchev–Trinajstić information content (AvgIpc) is 2.52. The van der Waals surface area contributed by atoms with E-state index in [1.165, 1.54) is 11.8 Å². The Balaban J connectivity index is 2.14. The predicted molar refractivity (Wildman–Crippen MR) is 52.2 cm³/mol. The zero-order valence-corrected chi connectivity index (χ0v) is 8.52. The molecule has 5 atom stereocenters. The summed E-state index contributed by atoms with van der Waals surface area (Å²) in [7, 11) is 0. The predicted octanol–water partition coefficient (Wildman–Crippen LogP) is -1.04. The van der Waals surface area contributed by atoms with Crippen molar-refractivity contribution in [3.63, 3.8) is 0 Å². The van der Waals surface area contributed by atoms with Crippen LogP contribution in [0.1, 0.15) is 6.92 Å². The Labute approximate surface area is 85.8 Å². The second-order valence-corrected chi connectivity index (χ2v) is 4.75. The smallest absolute Gasteiger partial charge is 0.134 e. The largest absolute Gasteiger partial charge is 0.394 e. The number of thioether (sulfide) groups is 1. The van der Waals surface area contributed by atoms with Crippen LogP contribution in [0.25, 0.3) is 0 Å². The molecule has 0 aromatic heterocycles. The third-order valence-electron chi connectivity index (χ3n) is 2.47. The highest BCUT2D eigenvalue weighted by molar-refractivity contribution is 8.14. The van der Waals surface area contributed by atoms with Gasteiger partial charge in [0.05, 0.1) is 11.7 Å². The molecule has 0 spiro atoms. The molecule has 0 aromatic carbocycles. The first-order chi connectivity index (χ1) is 6.63. The number of hydrogen-bond acceptors (Lipinski definition) is 6. The first-order valence-electron chi connectivity index (χ1n) is 4.47. The summed E-state index contributed by atoms with van der Waals surface area (Å²) in [5, 5.41) is 29.0. The van der Waals surface area contributed by atoms with Crippen LogP contribution < -0.4 is 0 Å². The summed E-state index contributed by atoms with van der Waals surface area (Å²) in [6.45, 7) is 1.54. The van der Waals surface area contributed by atoms with Gasteiger partial charge in [0.15, 0.2) is 0 Å². The van der Waals surface area contributed by atoms with Crippen LogP contribution in [0, 0.1) is 0 Å². The van der Waals surface area contributed by atoms with E-state index < -0.39 is 24.4 Å². The lowest BCUT2D eigenvalue weighted by Crippen LogP contribution is -2.55. The molecule has 14 heavy (non-hydrogen) atoms. The third kappa shape index (κ3) is 1.57. The van der Waals surface area contributed by atoms with Crippen LogP contribution in [-0.4, -0.2) is 56.8 Å². The van der Waals surface area contributed by atoms with E-state index in [9.17, 15) is 10.2 Å². The first kappa shape index (κ1) is 10.4. The SMILES string of the molecule is CC1=NC2[C@@H](O)[C@@H](O)[C@@H](CO)O[C@H]2S1. The maximum Gasteiger partial charge on any atom is 0.134 e. The Kier molecular flexibility index (Phi) is 2.81. The lowest BCUT2D eigenvalue weighted by Gasteiger charge is -2.37. The molecule has 0 aliphatic carbocycles. The quantitative estimate of drug-likeness (QED) is 0.525. The number of ether oxygens (including phenoxy) is 1. The minimum Gasteiger partial charge on any atom is -0.394 e. The van der Waals surface area contributed by atoms with E-state index in [1.54, 1.807) is 0 Å².